The van der Waals surface area contributed by atoms with Crippen molar-refractivity contribution in [1.82, 2.24) is 19.1 Å². The van der Waals surface area contributed by atoms with Gasteiger partial charge in [0.1, 0.15) is 11.3 Å². The van der Waals surface area contributed by atoms with Crippen LogP contribution in [0.15, 0.2) is 45.9 Å². The van der Waals surface area contributed by atoms with Crippen LogP contribution in [0.3, 0.4) is 0 Å². The van der Waals surface area contributed by atoms with Gasteiger partial charge in [0, 0.05) is 19.3 Å². The van der Waals surface area contributed by atoms with Gasteiger partial charge in [-0.15, -0.1) is 0 Å². The number of hydrogen-bond donors (Lipinski definition) is 1. The van der Waals surface area contributed by atoms with E-state index >= 15 is 0 Å². The Bertz CT molecular complexity index is 1150. The van der Waals surface area contributed by atoms with E-state index in [0.29, 0.717) is 5.58 Å². The lowest BCUT2D eigenvalue weighted by atomic mass is 10.2. The summed E-state index contributed by atoms with van der Waals surface area (Å²) in [5.41, 5.74) is 3.97. The molecule has 1 aromatic carbocycles. The van der Waals surface area contributed by atoms with Crippen LogP contribution in [0.25, 0.3) is 22.3 Å². The number of anilines is 2. The minimum absolute atomic E-state index is 0.365. The Labute approximate surface area is 142 Å². The summed E-state index contributed by atoms with van der Waals surface area (Å²) >= 11 is 0. The Kier molecular flexibility index (Phi) is 2.97. The molecule has 25 heavy (non-hydrogen) atoms. The SMILES string of the molecule is Cn1c(=O)oc2ccc(Nc3ccc4ncn(CC5CC5)c4n3)cc21. The minimum atomic E-state index is -0.365. The molecule has 1 saturated carbocycles. The Hall–Kier alpha value is -3.09. The molecule has 1 aliphatic carbocycles. The van der Waals surface area contributed by atoms with E-state index in [1.807, 2.05) is 30.6 Å². The fraction of sp³-hybridized carbons (Fsp3) is 0.278. The van der Waals surface area contributed by atoms with E-state index in [0.717, 1.165) is 40.6 Å². The summed E-state index contributed by atoms with van der Waals surface area (Å²) in [5, 5.41) is 3.30. The molecule has 3 heterocycles. The maximum atomic E-state index is 11.6. The number of aromatic nitrogens is 4. The smallest absolute Gasteiger partial charge is 0.408 e. The quantitative estimate of drug-likeness (QED) is 0.620. The van der Waals surface area contributed by atoms with Crippen molar-refractivity contribution in [1.29, 1.82) is 0 Å². The van der Waals surface area contributed by atoms with Gasteiger partial charge < -0.3 is 14.3 Å². The fourth-order valence-electron chi connectivity index (χ4n) is 3.07. The molecule has 0 unspecified atom stereocenters. The van der Waals surface area contributed by atoms with Crippen LogP contribution in [0.5, 0.6) is 0 Å². The molecule has 0 saturated heterocycles. The van der Waals surface area contributed by atoms with Crippen LogP contribution in [0.1, 0.15) is 12.8 Å². The van der Waals surface area contributed by atoms with Gasteiger partial charge in [0.2, 0.25) is 0 Å². The van der Waals surface area contributed by atoms with Crippen molar-refractivity contribution in [2.75, 3.05) is 5.32 Å². The lowest BCUT2D eigenvalue weighted by Gasteiger charge is -2.07. The summed E-state index contributed by atoms with van der Waals surface area (Å²) in [6.45, 7) is 0.982. The van der Waals surface area contributed by atoms with E-state index in [1.165, 1.54) is 17.4 Å². The van der Waals surface area contributed by atoms with Gasteiger partial charge in [0.15, 0.2) is 11.2 Å². The third-order valence-corrected chi connectivity index (χ3v) is 4.68. The zero-order chi connectivity index (χ0) is 17.0. The zero-order valence-corrected chi connectivity index (χ0v) is 13.8. The van der Waals surface area contributed by atoms with Gasteiger partial charge in [-0.3, -0.25) is 4.57 Å². The number of nitrogens with zero attached hydrogens (tertiary/aromatic N) is 4. The molecule has 126 valence electrons. The number of nitrogens with one attached hydrogen (secondary N) is 1. The van der Waals surface area contributed by atoms with E-state index in [9.17, 15) is 4.79 Å². The summed E-state index contributed by atoms with van der Waals surface area (Å²) < 4.78 is 8.78. The van der Waals surface area contributed by atoms with Crippen LogP contribution >= 0.6 is 0 Å². The van der Waals surface area contributed by atoms with Crippen LogP contribution < -0.4 is 11.1 Å². The number of rotatable bonds is 4. The number of hydrogen-bond acceptors (Lipinski definition) is 5. The van der Waals surface area contributed by atoms with Gasteiger partial charge in [0.05, 0.1) is 11.8 Å². The Morgan fingerprint density at radius 3 is 3.00 bits per heavy atom. The maximum Gasteiger partial charge on any atom is 0.419 e. The molecule has 4 aromatic rings. The lowest BCUT2D eigenvalue weighted by Crippen LogP contribution is -2.08. The van der Waals surface area contributed by atoms with Crippen LogP contribution in [0.4, 0.5) is 11.5 Å². The van der Waals surface area contributed by atoms with Crippen LogP contribution in [-0.4, -0.2) is 19.1 Å². The van der Waals surface area contributed by atoms with Gasteiger partial charge in [-0.2, -0.15) is 0 Å². The Morgan fingerprint density at radius 2 is 2.16 bits per heavy atom. The zero-order valence-electron chi connectivity index (χ0n) is 13.8. The lowest BCUT2D eigenvalue weighted by molar-refractivity contribution is 0.528. The largest absolute Gasteiger partial charge is 0.419 e. The standard InChI is InChI=1S/C18H17N5O2/c1-22-14-8-12(4-6-15(14)25-18(22)24)20-16-7-5-13-17(21-16)23(10-19-13)9-11-2-3-11/h4-8,10-11H,2-3,9H2,1H3,(H,20,21). The summed E-state index contributed by atoms with van der Waals surface area (Å²) in [5.74, 6) is 1.15. The van der Waals surface area contributed by atoms with Gasteiger partial charge >= 0.3 is 5.76 Å². The van der Waals surface area contributed by atoms with Crippen molar-refractivity contribution in [3.8, 4) is 0 Å². The summed E-state index contributed by atoms with van der Waals surface area (Å²) in [6, 6.07) is 9.43. The molecular weight excluding hydrogens is 318 g/mol. The predicted octanol–water partition coefficient (Wildman–Crippen LogP) is 3.03. The summed E-state index contributed by atoms with van der Waals surface area (Å²) in [7, 11) is 1.69. The molecule has 1 aliphatic rings. The molecule has 0 spiro atoms. The molecule has 1 fully saturated rings. The number of benzene rings is 1. The monoisotopic (exact) mass is 335 g/mol. The molecule has 7 nitrogen and oxygen atoms in total. The van der Waals surface area contributed by atoms with Crippen molar-refractivity contribution < 1.29 is 4.42 Å². The third kappa shape index (κ3) is 2.48. The fourth-order valence-corrected chi connectivity index (χ4v) is 3.07. The highest BCUT2D eigenvalue weighted by atomic mass is 16.4. The average Bonchev–Trinajstić information content (AvgIpc) is 3.28. The molecule has 5 rings (SSSR count). The molecule has 1 N–H and O–H groups in total. The first-order chi connectivity index (χ1) is 12.2. The van der Waals surface area contributed by atoms with Crippen molar-refractivity contribution in [3.05, 3.63) is 47.2 Å². The van der Waals surface area contributed by atoms with E-state index < -0.39 is 0 Å². The van der Waals surface area contributed by atoms with Gasteiger partial charge in [-0.1, -0.05) is 0 Å². The molecule has 0 atom stereocenters. The van der Waals surface area contributed by atoms with Crippen LogP contribution in [-0.2, 0) is 13.6 Å². The van der Waals surface area contributed by atoms with Crippen molar-refractivity contribution in [2.45, 2.75) is 19.4 Å². The minimum Gasteiger partial charge on any atom is -0.408 e. The first-order valence-electron chi connectivity index (χ1n) is 8.36. The summed E-state index contributed by atoms with van der Waals surface area (Å²) in [6.07, 6.45) is 4.45. The van der Waals surface area contributed by atoms with E-state index in [2.05, 4.69) is 14.9 Å². The average molecular weight is 335 g/mol. The second-order valence-corrected chi connectivity index (χ2v) is 6.61. The molecular formula is C18H17N5O2. The molecule has 0 aliphatic heterocycles. The highest BCUT2D eigenvalue weighted by Crippen LogP contribution is 2.31. The Balaban J connectivity index is 1.50. The molecule has 3 aromatic heterocycles. The van der Waals surface area contributed by atoms with Crippen molar-refractivity contribution in [2.24, 2.45) is 13.0 Å². The Morgan fingerprint density at radius 1 is 1.28 bits per heavy atom. The van der Waals surface area contributed by atoms with E-state index in [4.69, 9.17) is 9.40 Å². The topological polar surface area (TPSA) is 77.9 Å². The number of oxazole rings is 1. The van der Waals surface area contributed by atoms with Crippen LogP contribution in [0.2, 0.25) is 0 Å². The normalized spacial score (nSPS) is 14.4. The highest BCUT2D eigenvalue weighted by Gasteiger charge is 2.22. The first-order valence-corrected chi connectivity index (χ1v) is 8.36. The molecule has 0 amide bonds. The molecule has 0 bridgehead atoms. The first kappa shape index (κ1) is 14.3. The van der Waals surface area contributed by atoms with E-state index in [-0.39, 0.29) is 5.76 Å². The molecule has 7 heteroatoms. The second kappa shape index (κ2) is 5.20. The second-order valence-electron chi connectivity index (χ2n) is 6.61. The van der Waals surface area contributed by atoms with Crippen LogP contribution in [0, 0.1) is 5.92 Å². The number of fused-ring (bicyclic) bond motifs is 2. The van der Waals surface area contributed by atoms with Crippen molar-refractivity contribution >= 4 is 33.8 Å². The highest BCUT2D eigenvalue weighted by molar-refractivity contribution is 5.80. The predicted molar refractivity (Wildman–Crippen MR) is 95.0 cm³/mol. The molecule has 0 radical (unpaired) electrons. The van der Waals surface area contributed by atoms with Crippen molar-refractivity contribution in [3.63, 3.8) is 0 Å². The van der Waals surface area contributed by atoms with Gasteiger partial charge in [-0.05, 0) is 49.1 Å². The number of aryl methyl sites for hydroxylation is 1. The van der Waals surface area contributed by atoms with Gasteiger partial charge in [-0.25, -0.2) is 14.8 Å². The number of pyridine rings is 1. The van der Waals surface area contributed by atoms with Gasteiger partial charge in [0.25, 0.3) is 0 Å². The third-order valence-electron chi connectivity index (χ3n) is 4.68. The van der Waals surface area contributed by atoms with E-state index in [1.54, 1.807) is 13.1 Å². The number of imidazole rings is 1. The maximum absolute atomic E-state index is 11.6. The summed E-state index contributed by atoms with van der Waals surface area (Å²) in [4.78, 5) is 20.8.